The van der Waals surface area contributed by atoms with E-state index >= 15 is 0 Å². The number of halogens is 5. The van der Waals surface area contributed by atoms with Crippen LogP contribution in [0.2, 0.25) is 5.02 Å². The van der Waals surface area contributed by atoms with Gasteiger partial charge in [-0.25, -0.2) is 0 Å². The third-order valence-electron chi connectivity index (χ3n) is 4.38. The highest BCUT2D eigenvalue weighted by Crippen LogP contribution is 2.36. The molecule has 3 N–H and O–H groups in total. The zero-order chi connectivity index (χ0) is 19.5. The minimum Gasteiger partial charge on any atom is -0.336 e. The van der Waals surface area contributed by atoms with Crippen molar-refractivity contribution in [3.05, 3.63) is 28.8 Å². The summed E-state index contributed by atoms with van der Waals surface area (Å²) in [5, 5.41) is 1.92. The Kier molecular flexibility index (Phi) is 8.38. The lowest BCUT2D eigenvalue weighted by molar-refractivity contribution is -0.138. The van der Waals surface area contributed by atoms with Gasteiger partial charge in [0.2, 0.25) is 11.8 Å². The molecule has 5 nitrogen and oxygen atoms in total. The van der Waals surface area contributed by atoms with E-state index in [1.54, 1.807) is 0 Å². The van der Waals surface area contributed by atoms with E-state index in [1.165, 1.54) is 18.0 Å². The fourth-order valence-electron chi connectivity index (χ4n) is 3.08. The van der Waals surface area contributed by atoms with E-state index in [4.69, 9.17) is 17.3 Å². The van der Waals surface area contributed by atoms with Gasteiger partial charge in [-0.05, 0) is 37.5 Å². The number of nitrogens with one attached hydrogen (secondary N) is 1. The predicted molar refractivity (Wildman–Crippen MR) is 99.9 cm³/mol. The Hall–Kier alpha value is -1.51. The summed E-state index contributed by atoms with van der Waals surface area (Å²) in [7, 11) is 1.49. The number of carbonyl (C=O) groups excluding carboxylic acids is 2. The van der Waals surface area contributed by atoms with Gasteiger partial charge in [-0.2, -0.15) is 13.2 Å². The van der Waals surface area contributed by atoms with Crippen molar-refractivity contribution in [1.82, 2.24) is 4.90 Å². The zero-order valence-electron chi connectivity index (χ0n) is 14.7. The molecular formula is C17H22Cl2F3N3O2. The maximum atomic E-state index is 12.9. The highest BCUT2D eigenvalue weighted by molar-refractivity contribution is 6.31. The molecule has 2 unspecified atom stereocenters. The lowest BCUT2D eigenvalue weighted by Gasteiger charge is -2.29. The first kappa shape index (κ1) is 23.5. The molecule has 152 valence electrons. The average molecular weight is 428 g/mol. The van der Waals surface area contributed by atoms with E-state index in [-0.39, 0.29) is 42.5 Å². The second-order valence-corrected chi connectivity index (χ2v) is 6.97. The van der Waals surface area contributed by atoms with Gasteiger partial charge in [0, 0.05) is 24.7 Å². The Morgan fingerprint density at radius 2 is 2.00 bits per heavy atom. The fraction of sp³-hybridized carbons (Fsp3) is 0.529. The standard InChI is InChI=1S/C17H21ClF3N3O2.ClH/c1-24(16(26)10-3-2-4-11(22)7-10)9-15(25)23-12-5-6-14(18)13(8-12)17(19,20)21;/h5-6,8,10-11H,2-4,7,9,22H2,1H3,(H,23,25);1H. The molecule has 10 heteroatoms. The van der Waals surface area contributed by atoms with Crippen LogP contribution in [0.5, 0.6) is 0 Å². The van der Waals surface area contributed by atoms with Crippen LogP contribution in [-0.4, -0.2) is 36.3 Å². The van der Waals surface area contributed by atoms with Crippen LogP contribution < -0.4 is 11.1 Å². The molecule has 1 aromatic carbocycles. The summed E-state index contributed by atoms with van der Waals surface area (Å²) in [5.74, 6) is -0.984. The Bertz CT molecular complexity index is 686. The Morgan fingerprint density at radius 3 is 2.59 bits per heavy atom. The molecule has 0 aromatic heterocycles. The van der Waals surface area contributed by atoms with Crippen LogP contribution in [0.15, 0.2) is 18.2 Å². The molecule has 2 amide bonds. The molecule has 0 saturated heterocycles. The van der Waals surface area contributed by atoms with Crippen LogP contribution >= 0.6 is 24.0 Å². The van der Waals surface area contributed by atoms with Crippen LogP contribution in [0.1, 0.15) is 31.2 Å². The molecule has 0 spiro atoms. The van der Waals surface area contributed by atoms with Crippen molar-refractivity contribution in [2.24, 2.45) is 11.7 Å². The molecule has 1 fully saturated rings. The molecule has 0 bridgehead atoms. The number of likely N-dealkylation sites (N-methyl/N-ethyl adjacent to an activating group) is 1. The van der Waals surface area contributed by atoms with E-state index in [0.29, 0.717) is 6.42 Å². The predicted octanol–water partition coefficient (Wildman–Crippen LogP) is 3.70. The Balaban J connectivity index is 0.00000364. The molecule has 0 radical (unpaired) electrons. The minimum absolute atomic E-state index is 0. The zero-order valence-corrected chi connectivity index (χ0v) is 16.3. The lowest BCUT2D eigenvalue weighted by atomic mass is 9.85. The summed E-state index contributed by atoms with van der Waals surface area (Å²) in [6.07, 6.45) is -1.57. The van der Waals surface area contributed by atoms with E-state index in [9.17, 15) is 22.8 Å². The van der Waals surface area contributed by atoms with Gasteiger partial charge in [0.1, 0.15) is 0 Å². The number of rotatable bonds is 4. The van der Waals surface area contributed by atoms with E-state index < -0.39 is 22.7 Å². The number of nitrogens with two attached hydrogens (primary N) is 1. The summed E-state index contributed by atoms with van der Waals surface area (Å²) >= 11 is 5.55. The van der Waals surface area contributed by atoms with Crippen molar-refractivity contribution < 1.29 is 22.8 Å². The third kappa shape index (κ3) is 6.55. The first-order valence-electron chi connectivity index (χ1n) is 8.25. The molecule has 27 heavy (non-hydrogen) atoms. The summed E-state index contributed by atoms with van der Waals surface area (Å²) < 4.78 is 38.6. The molecule has 1 aliphatic rings. The van der Waals surface area contributed by atoms with Crippen molar-refractivity contribution >= 4 is 41.5 Å². The smallest absolute Gasteiger partial charge is 0.336 e. The highest BCUT2D eigenvalue weighted by atomic mass is 35.5. The Morgan fingerprint density at radius 1 is 1.33 bits per heavy atom. The number of carbonyl (C=O) groups is 2. The molecule has 2 rings (SSSR count). The topological polar surface area (TPSA) is 75.4 Å². The van der Waals surface area contributed by atoms with Crippen molar-refractivity contribution in [3.8, 4) is 0 Å². The van der Waals surface area contributed by atoms with Gasteiger partial charge in [0.05, 0.1) is 17.1 Å². The monoisotopic (exact) mass is 427 g/mol. The van der Waals surface area contributed by atoms with Gasteiger partial charge in [-0.3, -0.25) is 9.59 Å². The molecule has 1 saturated carbocycles. The van der Waals surface area contributed by atoms with E-state index in [2.05, 4.69) is 5.32 Å². The maximum Gasteiger partial charge on any atom is 0.417 e. The van der Waals surface area contributed by atoms with Crippen LogP contribution in [0, 0.1) is 5.92 Å². The Labute approximate surface area is 166 Å². The minimum atomic E-state index is -4.62. The molecule has 0 heterocycles. The molecule has 0 aliphatic heterocycles. The number of amides is 2. The van der Waals surface area contributed by atoms with Gasteiger partial charge >= 0.3 is 6.18 Å². The van der Waals surface area contributed by atoms with Gasteiger partial charge in [0.25, 0.3) is 0 Å². The number of anilines is 1. The summed E-state index contributed by atoms with van der Waals surface area (Å²) in [4.78, 5) is 25.7. The highest BCUT2D eigenvalue weighted by Gasteiger charge is 2.33. The fourth-order valence-corrected chi connectivity index (χ4v) is 3.30. The quantitative estimate of drug-likeness (QED) is 0.768. The van der Waals surface area contributed by atoms with E-state index in [0.717, 1.165) is 31.4 Å². The van der Waals surface area contributed by atoms with Crippen LogP contribution in [0.4, 0.5) is 18.9 Å². The van der Waals surface area contributed by atoms with Crippen molar-refractivity contribution in [2.45, 2.75) is 37.9 Å². The lowest BCUT2D eigenvalue weighted by Crippen LogP contribution is -2.41. The molecule has 1 aromatic rings. The summed E-state index contributed by atoms with van der Waals surface area (Å²) in [6.45, 7) is -0.255. The van der Waals surface area contributed by atoms with Crippen molar-refractivity contribution in [1.29, 1.82) is 0 Å². The first-order chi connectivity index (χ1) is 12.1. The van der Waals surface area contributed by atoms with Crippen LogP contribution in [0.3, 0.4) is 0 Å². The molecule has 1 aliphatic carbocycles. The normalized spacial score (nSPS) is 19.8. The largest absolute Gasteiger partial charge is 0.417 e. The van der Waals surface area contributed by atoms with Crippen molar-refractivity contribution in [2.75, 3.05) is 18.9 Å². The first-order valence-corrected chi connectivity index (χ1v) is 8.63. The summed E-state index contributed by atoms with van der Waals surface area (Å²) in [5.41, 5.74) is 4.81. The van der Waals surface area contributed by atoms with Gasteiger partial charge in [0.15, 0.2) is 0 Å². The van der Waals surface area contributed by atoms with E-state index in [1.807, 2.05) is 0 Å². The maximum absolute atomic E-state index is 12.9. The van der Waals surface area contributed by atoms with Gasteiger partial charge in [-0.1, -0.05) is 18.0 Å². The number of hydrogen-bond donors (Lipinski definition) is 2. The van der Waals surface area contributed by atoms with Crippen molar-refractivity contribution in [3.63, 3.8) is 0 Å². The molecule has 2 atom stereocenters. The van der Waals surface area contributed by atoms with Gasteiger partial charge in [-0.15, -0.1) is 12.4 Å². The number of hydrogen-bond acceptors (Lipinski definition) is 3. The number of benzene rings is 1. The van der Waals surface area contributed by atoms with Crippen LogP contribution in [0.25, 0.3) is 0 Å². The summed E-state index contributed by atoms with van der Waals surface area (Å²) in [6, 6.07) is 3.09. The van der Waals surface area contributed by atoms with Gasteiger partial charge < -0.3 is 16.0 Å². The van der Waals surface area contributed by atoms with Crippen LogP contribution in [-0.2, 0) is 15.8 Å². The molecular weight excluding hydrogens is 406 g/mol. The SMILES string of the molecule is CN(CC(=O)Nc1ccc(Cl)c(C(F)(F)F)c1)C(=O)C1CCCC(N)C1.Cl. The number of nitrogens with zero attached hydrogens (tertiary/aromatic N) is 1. The third-order valence-corrected chi connectivity index (χ3v) is 4.71. The second kappa shape index (κ2) is 9.61. The second-order valence-electron chi connectivity index (χ2n) is 6.56. The number of alkyl halides is 3. The average Bonchev–Trinajstić information content (AvgIpc) is 2.54.